The first-order chi connectivity index (χ1) is 8.27. The molecule has 108 valence electrons. The van der Waals surface area contributed by atoms with Gasteiger partial charge in [-0.1, -0.05) is 0 Å². The van der Waals surface area contributed by atoms with E-state index in [4.69, 9.17) is 5.11 Å². The van der Waals surface area contributed by atoms with Crippen molar-refractivity contribution in [1.29, 1.82) is 0 Å². The Morgan fingerprint density at radius 2 is 1.94 bits per heavy atom. The molecule has 0 bridgehead atoms. The number of rotatable bonds is 5. The minimum absolute atomic E-state index is 0.00778. The molecule has 1 N–H and O–H groups in total. The van der Waals surface area contributed by atoms with Gasteiger partial charge >= 0.3 is 6.18 Å². The Bertz CT molecular complexity index is 356. The van der Waals surface area contributed by atoms with Gasteiger partial charge in [0.25, 0.3) is 0 Å². The van der Waals surface area contributed by atoms with Gasteiger partial charge in [0.05, 0.1) is 11.7 Å². The van der Waals surface area contributed by atoms with E-state index in [-0.39, 0.29) is 38.2 Å². The van der Waals surface area contributed by atoms with Crippen molar-refractivity contribution in [3.05, 3.63) is 0 Å². The zero-order valence-corrected chi connectivity index (χ0v) is 10.8. The van der Waals surface area contributed by atoms with Crippen LogP contribution in [0, 0.1) is 5.92 Å². The van der Waals surface area contributed by atoms with Crippen LogP contribution < -0.4 is 0 Å². The van der Waals surface area contributed by atoms with E-state index < -0.39 is 28.7 Å². The zero-order valence-electron chi connectivity index (χ0n) is 9.99. The van der Waals surface area contributed by atoms with Crippen LogP contribution in [0.5, 0.6) is 0 Å². The van der Waals surface area contributed by atoms with Crippen LogP contribution in [0.4, 0.5) is 13.2 Å². The van der Waals surface area contributed by atoms with Crippen LogP contribution in [0.15, 0.2) is 0 Å². The molecule has 1 fully saturated rings. The van der Waals surface area contributed by atoms with Gasteiger partial charge < -0.3 is 5.11 Å². The fourth-order valence-corrected chi connectivity index (χ4v) is 3.63. The van der Waals surface area contributed by atoms with E-state index in [0.717, 1.165) is 4.31 Å². The van der Waals surface area contributed by atoms with Crippen LogP contribution in [0.2, 0.25) is 0 Å². The lowest BCUT2D eigenvalue weighted by Crippen LogP contribution is -2.45. The Morgan fingerprint density at radius 1 is 1.28 bits per heavy atom. The van der Waals surface area contributed by atoms with Crippen LogP contribution in [-0.2, 0) is 10.0 Å². The molecule has 8 heteroatoms. The van der Waals surface area contributed by atoms with Gasteiger partial charge in [-0.2, -0.15) is 13.2 Å². The summed E-state index contributed by atoms with van der Waals surface area (Å²) in [6, 6.07) is 0. The van der Waals surface area contributed by atoms with E-state index in [1.54, 1.807) is 0 Å². The summed E-state index contributed by atoms with van der Waals surface area (Å²) in [5.74, 6) is -1.75. The molecule has 0 aromatic carbocycles. The molecule has 0 amide bonds. The van der Waals surface area contributed by atoms with Crippen molar-refractivity contribution in [1.82, 2.24) is 4.31 Å². The summed E-state index contributed by atoms with van der Waals surface area (Å²) >= 11 is 0. The standard InChI is InChI=1S/C10H18F3NO3S/c11-10(12,13)9-4-3-5-14(8-9)18(16,17)7-2-1-6-15/h9,15H,1-8H2. The van der Waals surface area contributed by atoms with Crippen LogP contribution in [0.1, 0.15) is 25.7 Å². The van der Waals surface area contributed by atoms with Crippen molar-refractivity contribution in [3.8, 4) is 0 Å². The zero-order chi connectivity index (χ0) is 13.8. The Hall–Kier alpha value is -0.340. The van der Waals surface area contributed by atoms with Crippen molar-refractivity contribution in [2.45, 2.75) is 31.9 Å². The number of alkyl halides is 3. The topological polar surface area (TPSA) is 57.6 Å². The molecule has 0 aliphatic carbocycles. The predicted octanol–water partition coefficient (Wildman–Crippen LogP) is 1.36. The first-order valence-corrected chi connectivity index (χ1v) is 7.53. The van der Waals surface area contributed by atoms with Crippen LogP contribution in [-0.4, -0.2) is 49.5 Å². The van der Waals surface area contributed by atoms with Gasteiger partial charge in [-0.05, 0) is 25.7 Å². The minimum atomic E-state index is -4.33. The lowest BCUT2D eigenvalue weighted by molar-refractivity contribution is -0.182. The highest BCUT2D eigenvalue weighted by Crippen LogP contribution is 2.34. The maximum absolute atomic E-state index is 12.6. The smallest absolute Gasteiger partial charge is 0.393 e. The number of halogens is 3. The molecule has 0 spiro atoms. The monoisotopic (exact) mass is 289 g/mol. The highest BCUT2D eigenvalue weighted by molar-refractivity contribution is 7.89. The number of hydrogen-bond acceptors (Lipinski definition) is 3. The van der Waals surface area contributed by atoms with Crippen molar-refractivity contribution in [3.63, 3.8) is 0 Å². The normalized spacial score (nSPS) is 23.2. The molecule has 0 aromatic heterocycles. The van der Waals surface area contributed by atoms with Crippen molar-refractivity contribution >= 4 is 10.0 Å². The van der Waals surface area contributed by atoms with Gasteiger partial charge in [0.2, 0.25) is 10.0 Å². The average Bonchev–Trinajstić information content (AvgIpc) is 2.28. The van der Waals surface area contributed by atoms with E-state index in [0.29, 0.717) is 6.42 Å². The molecule has 1 saturated heterocycles. The quantitative estimate of drug-likeness (QED) is 0.778. The molecular formula is C10H18F3NO3S. The number of unbranched alkanes of at least 4 members (excludes halogenated alkanes) is 1. The first kappa shape index (κ1) is 15.7. The molecular weight excluding hydrogens is 271 g/mol. The summed E-state index contributed by atoms with van der Waals surface area (Å²) in [4.78, 5) is 0. The second-order valence-corrected chi connectivity index (χ2v) is 6.57. The third-order valence-electron chi connectivity index (χ3n) is 3.05. The molecule has 18 heavy (non-hydrogen) atoms. The third kappa shape index (κ3) is 4.40. The first-order valence-electron chi connectivity index (χ1n) is 5.93. The van der Waals surface area contributed by atoms with E-state index in [1.165, 1.54) is 0 Å². The van der Waals surface area contributed by atoms with E-state index in [9.17, 15) is 21.6 Å². The molecule has 1 aliphatic rings. The number of aliphatic hydroxyl groups excluding tert-OH is 1. The largest absolute Gasteiger partial charge is 0.396 e. The lowest BCUT2D eigenvalue weighted by Gasteiger charge is -2.32. The van der Waals surface area contributed by atoms with Crippen molar-refractivity contribution in [2.75, 3.05) is 25.4 Å². The predicted molar refractivity (Wildman–Crippen MR) is 60.5 cm³/mol. The molecule has 1 aliphatic heterocycles. The van der Waals surface area contributed by atoms with Crippen LogP contribution in [0.25, 0.3) is 0 Å². The lowest BCUT2D eigenvalue weighted by atomic mass is 9.99. The third-order valence-corrected chi connectivity index (χ3v) is 4.97. The average molecular weight is 289 g/mol. The summed E-state index contributed by atoms with van der Waals surface area (Å²) in [5, 5.41) is 8.56. The van der Waals surface area contributed by atoms with Gasteiger partial charge in [0, 0.05) is 19.7 Å². The van der Waals surface area contributed by atoms with Crippen LogP contribution in [0.3, 0.4) is 0 Å². The van der Waals surface area contributed by atoms with Gasteiger partial charge in [-0.15, -0.1) is 0 Å². The van der Waals surface area contributed by atoms with Gasteiger partial charge in [-0.25, -0.2) is 12.7 Å². The highest BCUT2D eigenvalue weighted by atomic mass is 32.2. The van der Waals surface area contributed by atoms with Crippen molar-refractivity contribution in [2.24, 2.45) is 5.92 Å². The second kappa shape index (κ2) is 6.21. The fraction of sp³-hybridized carbons (Fsp3) is 1.00. The fourth-order valence-electron chi connectivity index (χ4n) is 1.99. The molecule has 1 heterocycles. The Labute approximate surface area is 105 Å². The molecule has 0 saturated carbocycles. The Morgan fingerprint density at radius 3 is 2.50 bits per heavy atom. The second-order valence-electron chi connectivity index (χ2n) is 4.49. The molecule has 1 unspecified atom stereocenters. The van der Waals surface area contributed by atoms with Gasteiger partial charge in [0.15, 0.2) is 0 Å². The van der Waals surface area contributed by atoms with Gasteiger partial charge in [-0.3, -0.25) is 0 Å². The SMILES string of the molecule is O=S(=O)(CCCCO)N1CCCC(C(F)(F)F)C1. The van der Waals surface area contributed by atoms with Crippen LogP contribution >= 0.6 is 0 Å². The van der Waals surface area contributed by atoms with Gasteiger partial charge in [0.1, 0.15) is 0 Å². The minimum Gasteiger partial charge on any atom is -0.396 e. The maximum Gasteiger partial charge on any atom is 0.393 e. The number of aliphatic hydroxyl groups is 1. The molecule has 1 atom stereocenters. The number of nitrogens with zero attached hydrogens (tertiary/aromatic N) is 1. The summed E-state index contributed by atoms with van der Waals surface area (Å²) in [5.41, 5.74) is 0. The number of hydrogen-bond donors (Lipinski definition) is 1. The molecule has 0 aromatic rings. The van der Waals surface area contributed by atoms with E-state index in [1.807, 2.05) is 0 Å². The summed E-state index contributed by atoms with van der Waals surface area (Å²) in [6.45, 7) is -0.417. The highest BCUT2D eigenvalue weighted by Gasteiger charge is 2.43. The Kier molecular flexibility index (Phi) is 5.42. The number of piperidine rings is 1. The number of sulfonamides is 1. The van der Waals surface area contributed by atoms with E-state index in [2.05, 4.69) is 0 Å². The summed E-state index contributed by atoms with van der Waals surface area (Å²) in [6.07, 6.45) is -3.49. The summed E-state index contributed by atoms with van der Waals surface area (Å²) in [7, 11) is -3.63. The maximum atomic E-state index is 12.6. The molecule has 1 rings (SSSR count). The molecule has 4 nitrogen and oxygen atoms in total. The Balaban J connectivity index is 2.60. The van der Waals surface area contributed by atoms with E-state index >= 15 is 0 Å². The molecule has 0 radical (unpaired) electrons. The summed E-state index contributed by atoms with van der Waals surface area (Å²) < 4.78 is 62.2. The van der Waals surface area contributed by atoms with Crippen molar-refractivity contribution < 1.29 is 26.7 Å².